The number of pyridine rings is 1. The lowest BCUT2D eigenvalue weighted by atomic mass is 10.0. The van der Waals surface area contributed by atoms with E-state index in [-0.39, 0.29) is 18.6 Å². The number of carbonyl (C=O) groups excluding carboxylic acids is 1. The number of thiazole rings is 1. The molecule has 0 aliphatic carbocycles. The molecule has 35 heavy (non-hydrogen) atoms. The van der Waals surface area contributed by atoms with E-state index in [2.05, 4.69) is 28.1 Å². The summed E-state index contributed by atoms with van der Waals surface area (Å²) in [5.41, 5.74) is 3.75. The number of amides is 1. The molecule has 2 aliphatic heterocycles. The molecule has 3 aromatic rings. The number of nitrogens with zero attached hydrogens (tertiary/aromatic N) is 4. The Morgan fingerprint density at radius 3 is 2.69 bits per heavy atom. The van der Waals surface area contributed by atoms with Crippen LogP contribution in [0.4, 0.5) is 5.82 Å². The van der Waals surface area contributed by atoms with Gasteiger partial charge in [-0.25, -0.2) is 9.97 Å². The van der Waals surface area contributed by atoms with Crippen molar-refractivity contribution in [3.05, 3.63) is 46.4 Å². The van der Waals surface area contributed by atoms with E-state index >= 15 is 0 Å². The van der Waals surface area contributed by atoms with E-state index < -0.39 is 0 Å². The monoisotopic (exact) mass is 494 g/mol. The van der Waals surface area contributed by atoms with E-state index in [1.165, 1.54) is 11.3 Å². The quantitative estimate of drug-likeness (QED) is 0.561. The summed E-state index contributed by atoms with van der Waals surface area (Å²) in [6, 6.07) is 10.2. The minimum Gasteiger partial charge on any atom is -0.492 e. The highest BCUT2D eigenvalue weighted by Crippen LogP contribution is 2.40. The average Bonchev–Trinajstić information content (AvgIpc) is 3.23. The van der Waals surface area contributed by atoms with Crippen molar-refractivity contribution >= 4 is 23.1 Å². The molecule has 4 heterocycles. The van der Waals surface area contributed by atoms with Gasteiger partial charge in [-0.05, 0) is 43.7 Å². The lowest BCUT2D eigenvalue weighted by Gasteiger charge is -2.27. The lowest BCUT2D eigenvalue weighted by molar-refractivity contribution is 0.0665. The SMILES string of the molecule is CC(C)N(CCO)C(=O)c1nc2c(s1)CCOc1cc(-c3ccc(N4CCOCC4)nc3)ccc1-2. The summed E-state index contributed by atoms with van der Waals surface area (Å²) in [7, 11) is 0. The maximum Gasteiger partial charge on any atom is 0.283 e. The highest BCUT2D eigenvalue weighted by atomic mass is 32.1. The number of aliphatic hydroxyl groups excluding tert-OH is 1. The molecule has 8 nitrogen and oxygen atoms in total. The Kier molecular flexibility index (Phi) is 6.99. The predicted octanol–water partition coefficient (Wildman–Crippen LogP) is 3.49. The van der Waals surface area contributed by atoms with Gasteiger partial charge in [-0.15, -0.1) is 11.3 Å². The van der Waals surface area contributed by atoms with Gasteiger partial charge >= 0.3 is 0 Å². The third kappa shape index (κ3) is 4.89. The second-order valence-corrected chi connectivity index (χ2v) is 10.0. The lowest BCUT2D eigenvalue weighted by Crippen LogP contribution is -2.38. The average molecular weight is 495 g/mol. The zero-order valence-electron chi connectivity index (χ0n) is 20.1. The number of fused-ring (bicyclic) bond motifs is 3. The van der Waals surface area contributed by atoms with E-state index in [1.54, 1.807) is 4.90 Å². The summed E-state index contributed by atoms with van der Waals surface area (Å²) >= 11 is 1.42. The van der Waals surface area contributed by atoms with Crippen molar-refractivity contribution in [3.8, 4) is 28.1 Å². The van der Waals surface area contributed by atoms with Gasteiger partial charge < -0.3 is 24.4 Å². The Morgan fingerprint density at radius 1 is 1.17 bits per heavy atom. The van der Waals surface area contributed by atoms with Crippen molar-refractivity contribution < 1.29 is 19.4 Å². The van der Waals surface area contributed by atoms with Crippen molar-refractivity contribution in [1.29, 1.82) is 0 Å². The summed E-state index contributed by atoms with van der Waals surface area (Å²) < 4.78 is 11.5. The first kappa shape index (κ1) is 23.7. The highest BCUT2D eigenvalue weighted by Gasteiger charge is 2.27. The molecular weight excluding hydrogens is 464 g/mol. The molecule has 0 spiro atoms. The Bertz CT molecular complexity index is 1190. The van der Waals surface area contributed by atoms with Gasteiger partial charge in [-0.1, -0.05) is 6.07 Å². The summed E-state index contributed by atoms with van der Waals surface area (Å²) in [4.78, 5) is 27.4. The summed E-state index contributed by atoms with van der Waals surface area (Å²) in [5, 5.41) is 9.83. The predicted molar refractivity (Wildman–Crippen MR) is 136 cm³/mol. The van der Waals surface area contributed by atoms with Crippen molar-refractivity contribution in [1.82, 2.24) is 14.9 Å². The Morgan fingerprint density at radius 2 is 1.97 bits per heavy atom. The number of carbonyl (C=O) groups is 1. The first-order valence-corrected chi connectivity index (χ1v) is 12.8. The van der Waals surface area contributed by atoms with Crippen LogP contribution in [0, 0.1) is 0 Å². The molecule has 1 amide bonds. The summed E-state index contributed by atoms with van der Waals surface area (Å²) in [5.74, 6) is 1.58. The van der Waals surface area contributed by atoms with Gasteiger partial charge in [-0.3, -0.25) is 4.79 Å². The highest BCUT2D eigenvalue weighted by molar-refractivity contribution is 7.14. The Hall–Kier alpha value is -3.01. The third-order valence-corrected chi connectivity index (χ3v) is 7.45. The molecule has 1 saturated heterocycles. The van der Waals surface area contributed by atoms with Gasteiger partial charge in [0.2, 0.25) is 0 Å². The fourth-order valence-electron chi connectivity index (χ4n) is 4.45. The topological polar surface area (TPSA) is 88.0 Å². The smallest absolute Gasteiger partial charge is 0.283 e. The minimum atomic E-state index is -0.141. The Balaban J connectivity index is 1.41. The van der Waals surface area contributed by atoms with E-state index in [4.69, 9.17) is 14.5 Å². The number of ether oxygens (including phenoxy) is 2. The Labute approximate surface area is 209 Å². The van der Waals surface area contributed by atoms with Crippen LogP contribution in [0.15, 0.2) is 36.5 Å². The fraction of sp³-hybridized carbons (Fsp3) is 0.423. The minimum absolute atomic E-state index is 0.0141. The number of aromatic nitrogens is 2. The van der Waals surface area contributed by atoms with Crippen LogP contribution < -0.4 is 9.64 Å². The molecule has 5 rings (SSSR count). The molecule has 1 N–H and O–H groups in total. The fourth-order valence-corrected chi connectivity index (χ4v) is 5.47. The third-order valence-electron chi connectivity index (χ3n) is 6.35. The molecule has 2 aliphatic rings. The first-order chi connectivity index (χ1) is 17.0. The van der Waals surface area contributed by atoms with Gasteiger partial charge in [0, 0.05) is 54.3 Å². The second-order valence-electron chi connectivity index (χ2n) is 8.92. The molecule has 0 unspecified atom stereocenters. The number of rotatable bonds is 6. The largest absolute Gasteiger partial charge is 0.492 e. The number of aliphatic hydroxyl groups is 1. The van der Waals surface area contributed by atoms with Gasteiger partial charge in [0.05, 0.1) is 32.1 Å². The molecule has 9 heteroatoms. The van der Waals surface area contributed by atoms with Crippen molar-refractivity contribution in [3.63, 3.8) is 0 Å². The van der Waals surface area contributed by atoms with Gasteiger partial charge in [0.15, 0.2) is 5.01 Å². The van der Waals surface area contributed by atoms with Crippen molar-refractivity contribution in [2.45, 2.75) is 26.3 Å². The van der Waals surface area contributed by atoms with Crippen molar-refractivity contribution in [2.24, 2.45) is 0 Å². The van der Waals surface area contributed by atoms with Crippen LogP contribution in [0.2, 0.25) is 0 Å². The van der Waals surface area contributed by atoms with Crippen LogP contribution in [-0.2, 0) is 11.2 Å². The number of benzene rings is 1. The van der Waals surface area contributed by atoms with E-state index in [0.717, 1.165) is 65.1 Å². The molecule has 2 aromatic heterocycles. The van der Waals surface area contributed by atoms with Crippen LogP contribution in [-0.4, -0.2) is 78.0 Å². The molecule has 1 aromatic carbocycles. The van der Waals surface area contributed by atoms with Crippen LogP contribution in [0.25, 0.3) is 22.4 Å². The van der Waals surface area contributed by atoms with Gasteiger partial charge in [-0.2, -0.15) is 0 Å². The molecule has 0 atom stereocenters. The van der Waals surface area contributed by atoms with E-state index in [9.17, 15) is 9.90 Å². The maximum absolute atomic E-state index is 13.1. The zero-order chi connectivity index (χ0) is 24.4. The standard InChI is InChI=1S/C26H30N4O4S/c1-17(2)30(8-11-31)26(32)25-28-24-20-5-3-18(15-21(20)34-12-7-22(24)35-25)19-4-6-23(27-16-19)29-9-13-33-14-10-29/h3-6,15-17,31H,7-14H2,1-2H3. The van der Waals surface area contributed by atoms with Crippen LogP contribution >= 0.6 is 11.3 Å². The van der Waals surface area contributed by atoms with E-state index in [1.807, 2.05) is 32.2 Å². The second kappa shape index (κ2) is 10.3. The van der Waals surface area contributed by atoms with Crippen LogP contribution in [0.5, 0.6) is 5.75 Å². The molecule has 1 fully saturated rings. The zero-order valence-corrected chi connectivity index (χ0v) is 20.9. The van der Waals surface area contributed by atoms with Crippen LogP contribution in [0.1, 0.15) is 28.5 Å². The van der Waals surface area contributed by atoms with Gasteiger partial charge in [0.25, 0.3) is 5.91 Å². The molecule has 0 saturated carbocycles. The normalized spacial score (nSPS) is 15.3. The van der Waals surface area contributed by atoms with Crippen LogP contribution in [0.3, 0.4) is 0 Å². The molecule has 0 bridgehead atoms. The number of hydrogen-bond acceptors (Lipinski definition) is 8. The summed E-state index contributed by atoms with van der Waals surface area (Å²) in [6.07, 6.45) is 2.59. The maximum atomic E-state index is 13.1. The van der Waals surface area contributed by atoms with Crippen molar-refractivity contribution in [2.75, 3.05) is 51.0 Å². The number of morpholine rings is 1. The van der Waals surface area contributed by atoms with E-state index in [0.29, 0.717) is 24.6 Å². The van der Waals surface area contributed by atoms with Gasteiger partial charge in [0.1, 0.15) is 11.6 Å². The number of anilines is 1. The molecule has 0 radical (unpaired) electrons. The first-order valence-electron chi connectivity index (χ1n) is 12.0. The number of hydrogen-bond donors (Lipinski definition) is 1. The summed E-state index contributed by atoms with van der Waals surface area (Å²) in [6.45, 7) is 7.81. The molecule has 184 valence electrons. The molecular formula is C26H30N4O4S.